The van der Waals surface area contributed by atoms with Crippen molar-refractivity contribution in [3.63, 3.8) is 0 Å². The van der Waals surface area contributed by atoms with Gasteiger partial charge >= 0.3 is 0 Å². The normalized spacial score (nSPS) is 13.2. The molecule has 0 aromatic heterocycles. The van der Waals surface area contributed by atoms with Crippen LogP contribution < -0.4 is 15.5 Å². The number of hydrogen-bond acceptors (Lipinski definition) is 5. The molecule has 1 heterocycles. The average molecular weight is 410 g/mol. The van der Waals surface area contributed by atoms with E-state index in [0.29, 0.717) is 23.5 Å². The van der Waals surface area contributed by atoms with Crippen LogP contribution in [-0.4, -0.2) is 29.8 Å². The van der Waals surface area contributed by atoms with E-state index in [2.05, 4.69) is 10.6 Å². The summed E-state index contributed by atoms with van der Waals surface area (Å²) in [4.78, 5) is 37.6. The summed E-state index contributed by atoms with van der Waals surface area (Å²) in [6, 6.07) is 11.4. The molecule has 2 aromatic rings. The smallest absolute Gasteiger partial charge is 0.293 e. The van der Waals surface area contributed by atoms with Crippen LogP contribution in [0.15, 0.2) is 42.5 Å². The van der Waals surface area contributed by atoms with Gasteiger partial charge in [-0.25, -0.2) is 0 Å². The molecule has 0 saturated carbocycles. The number of nitro benzene ring substituents is 1. The summed E-state index contributed by atoms with van der Waals surface area (Å²) in [6.45, 7) is 3.58. The van der Waals surface area contributed by atoms with Crippen LogP contribution >= 0.6 is 0 Å². The number of benzene rings is 2. The predicted octanol–water partition coefficient (Wildman–Crippen LogP) is 4.58. The number of carbonyl (C=O) groups excluding carboxylic acids is 2. The lowest BCUT2D eigenvalue weighted by molar-refractivity contribution is -0.384. The molecule has 0 bridgehead atoms. The minimum atomic E-state index is -0.448. The molecular weight excluding hydrogens is 384 g/mol. The molecule has 3 rings (SSSR count). The molecule has 0 atom stereocenters. The van der Waals surface area contributed by atoms with Crippen LogP contribution in [0.3, 0.4) is 0 Å². The SMILES string of the molecule is CCCCC(=O)Nc1cccc(NC(=O)c2ccc(N3CCCC3)c([N+](=O)[O-])c2)c1. The molecule has 158 valence electrons. The van der Waals surface area contributed by atoms with Gasteiger partial charge in [0.15, 0.2) is 0 Å². The van der Waals surface area contributed by atoms with Crippen molar-refractivity contribution < 1.29 is 14.5 Å². The van der Waals surface area contributed by atoms with Crippen LogP contribution in [0.5, 0.6) is 0 Å². The lowest BCUT2D eigenvalue weighted by atomic mass is 10.1. The van der Waals surface area contributed by atoms with E-state index >= 15 is 0 Å². The largest absolute Gasteiger partial charge is 0.366 e. The summed E-state index contributed by atoms with van der Waals surface area (Å²) in [5.41, 5.74) is 1.78. The lowest BCUT2D eigenvalue weighted by Gasteiger charge is -2.17. The summed E-state index contributed by atoms with van der Waals surface area (Å²) >= 11 is 0. The second-order valence-corrected chi connectivity index (χ2v) is 7.34. The summed E-state index contributed by atoms with van der Waals surface area (Å²) in [5.74, 6) is -0.519. The number of rotatable bonds is 8. The second kappa shape index (κ2) is 9.87. The fraction of sp³-hybridized carbons (Fsp3) is 0.364. The van der Waals surface area contributed by atoms with E-state index in [1.165, 1.54) is 6.07 Å². The van der Waals surface area contributed by atoms with E-state index < -0.39 is 10.8 Å². The third-order valence-electron chi connectivity index (χ3n) is 5.04. The Bertz CT molecular complexity index is 938. The van der Waals surface area contributed by atoms with Crippen LogP contribution in [0.1, 0.15) is 49.4 Å². The Morgan fingerprint density at radius 2 is 1.77 bits per heavy atom. The van der Waals surface area contributed by atoms with Gasteiger partial charge < -0.3 is 15.5 Å². The number of hydrogen-bond donors (Lipinski definition) is 2. The van der Waals surface area contributed by atoms with Gasteiger partial charge in [0.25, 0.3) is 11.6 Å². The molecule has 2 aromatic carbocycles. The molecule has 0 unspecified atom stereocenters. The lowest BCUT2D eigenvalue weighted by Crippen LogP contribution is -2.20. The van der Waals surface area contributed by atoms with Gasteiger partial charge in [-0.15, -0.1) is 0 Å². The van der Waals surface area contributed by atoms with E-state index in [4.69, 9.17) is 0 Å². The minimum absolute atomic E-state index is 0.0681. The molecule has 0 aliphatic carbocycles. The molecule has 1 aliphatic rings. The predicted molar refractivity (Wildman–Crippen MR) is 117 cm³/mol. The molecule has 1 saturated heterocycles. The first-order valence-electron chi connectivity index (χ1n) is 10.2. The number of anilines is 3. The molecule has 2 amide bonds. The van der Waals surface area contributed by atoms with Gasteiger partial charge in [-0.3, -0.25) is 19.7 Å². The van der Waals surface area contributed by atoms with Gasteiger partial charge in [-0.05, 0) is 49.6 Å². The van der Waals surface area contributed by atoms with Crippen molar-refractivity contribution >= 4 is 34.6 Å². The highest BCUT2D eigenvalue weighted by Crippen LogP contribution is 2.32. The maximum Gasteiger partial charge on any atom is 0.293 e. The number of nitro groups is 1. The van der Waals surface area contributed by atoms with Gasteiger partial charge in [0.2, 0.25) is 5.91 Å². The zero-order valence-corrected chi connectivity index (χ0v) is 17.0. The maximum absolute atomic E-state index is 12.7. The number of nitrogens with zero attached hydrogens (tertiary/aromatic N) is 2. The third-order valence-corrected chi connectivity index (χ3v) is 5.04. The van der Waals surface area contributed by atoms with Crippen molar-refractivity contribution in [1.82, 2.24) is 0 Å². The van der Waals surface area contributed by atoms with Crippen LogP contribution in [0.25, 0.3) is 0 Å². The first-order valence-corrected chi connectivity index (χ1v) is 10.2. The average Bonchev–Trinajstić information content (AvgIpc) is 3.26. The fourth-order valence-electron chi connectivity index (χ4n) is 3.48. The zero-order valence-electron chi connectivity index (χ0n) is 17.0. The number of unbranched alkanes of at least 4 members (excludes halogenated alkanes) is 1. The number of carbonyl (C=O) groups is 2. The van der Waals surface area contributed by atoms with Crippen LogP contribution in [-0.2, 0) is 4.79 Å². The number of nitrogens with one attached hydrogen (secondary N) is 2. The summed E-state index contributed by atoms with van der Waals surface area (Å²) < 4.78 is 0. The molecular formula is C22H26N4O4. The quantitative estimate of drug-likeness (QED) is 0.490. The molecule has 30 heavy (non-hydrogen) atoms. The number of amides is 2. The standard InChI is InChI=1S/C22H26N4O4/c1-2-3-9-21(27)23-17-7-6-8-18(15-17)24-22(28)16-10-11-19(20(14-16)26(29)30)25-12-4-5-13-25/h6-8,10-11,14-15H,2-5,9,12-13H2,1H3,(H,23,27)(H,24,28). The van der Waals surface area contributed by atoms with Gasteiger partial charge in [-0.1, -0.05) is 19.4 Å². The highest BCUT2D eigenvalue weighted by atomic mass is 16.6. The fourth-order valence-corrected chi connectivity index (χ4v) is 3.48. The monoisotopic (exact) mass is 410 g/mol. The summed E-state index contributed by atoms with van der Waals surface area (Å²) in [7, 11) is 0. The second-order valence-electron chi connectivity index (χ2n) is 7.34. The highest BCUT2D eigenvalue weighted by molar-refractivity contribution is 6.05. The van der Waals surface area contributed by atoms with Crippen molar-refractivity contribution in [2.75, 3.05) is 28.6 Å². The van der Waals surface area contributed by atoms with E-state index in [0.717, 1.165) is 38.8 Å². The third kappa shape index (κ3) is 5.34. The van der Waals surface area contributed by atoms with Gasteiger partial charge in [0.05, 0.1) is 4.92 Å². The van der Waals surface area contributed by atoms with Crippen molar-refractivity contribution in [1.29, 1.82) is 0 Å². The van der Waals surface area contributed by atoms with Crippen molar-refractivity contribution in [2.45, 2.75) is 39.0 Å². The van der Waals surface area contributed by atoms with E-state index in [1.54, 1.807) is 36.4 Å². The van der Waals surface area contributed by atoms with Gasteiger partial charge in [0, 0.05) is 42.5 Å². The van der Waals surface area contributed by atoms with Crippen LogP contribution in [0, 0.1) is 10.1 Å². The molecule has 0 spiro atoms. The Hall–Kier alpha value is -3.42. The first kappa shape index (κ1) is 21.3. The van der Waals surface area contributed by atoms with E-state index in [-0.39, 0.29) is 17.2 Å². The first-order chi connectivity index (χ1) is 14.5. The maximum atomic E-state index is 12.7. The molecule has 8 nitrogen and oxygen atoms in total. The Kier molecular flexibility index (Phi) is 7.00. The van der Waals surface area contributed by atoms with Gasteiger partial charge in [-0.2, -0.15) is 0 Å². The molecule has 1 aliphatic heterocycles. The van der Waals surface area contributed by atoms with E-state index in [9.17, 15) is 19.7 Å². The van der Waals surface area contributed by atoms with Crippen molar-refractivity contribution in [3.8, 4) is 0 Å². The summed E-state index contributed by atoms with van der Waals surface area (Å²) in [6.07, 6.45) is 4.20. The zero-order chi connectivity index (χ0) is 21.5. The van der Waals surface area contributed by atoms with E-state index in [1.807, 2.05) is 11.8 Å². The Labute approximate surface area is 175 Å². The molecule has 0 radical (unpaired) electrons. The van der Waals surface area contributed by atoms with Crippen LogP contribution in [0.2, 0.25) is 0 Å². The van der Waals surface area contributed by atoms with Crippen molar-refractivity contribution in [2.24, 2.45) is 0 Å². The van der Waals surface area contributed by atoms with Gasteiger partial charge in [0.1, 0.15) is 5.69 Å². The Morgan fingerprint density at radius 1 is 1.07 bits per heavy atom. The highest BCUT2D eigenvalue weighted by Gasteiger charge is 2.24. The van der Waals surface area contributed by atoms with Crippen LogP contribution in [0.4, 0.5) is 22.7 Å². The van der Waals surface area contributed by atoms with Crippen molar-refractivity contribution in [3.05, 3.63) is 58.1 Å². The molecule has 2 N–H and O–H groups in total. The molecule has 1 fully saturated rings. The summed E-state index contributed by atoms with van der Waals surface area (Å²) in [5, 5.41) is 17.1. The Balaban J connectivity index is 1.72. The topological polar surface area (TPSA) is 105 Å². The molecule has 8 heteroatoms. The Morgan fingerprint density at radius 3 is 2.43 bits per heavy atom. The minimum Gasteiger partial charge on any atom is -0.366 e.